The molecule has 1 unspecified atom stereocenters. The minimum Gasteiger partial charge on any atom is -0.493 e. The molecule has 0 radical (unpaired) electrons. The van der Waals surface area contributed by atoms with Gasteiger partial charge in [0.1, 0.15) is 0 Å². The molecule has 1 saturated heterocycles. The van der Waals surface area contributed by atoms with Crippen molar-refractivity contribution in [1.29, 1.82) is 0 Å². The number of nitrogens with zero attached hydrogens (tertiary/aromatic N) is 1. The first-order valence-electron chi connectivity index (χ1n) is 6.95. The molecule has 0 spiro atoms. The van der Waals surface area contributed by atoms with Gasteiger partial charge in [-0.1, -0.05) is 0 Å². The number of ether oxygens (including phenoxy) is 2. The molecule has 1 heterocycles. The molecule has 22 heavy (non-hydrogen) atoms. The van der Waals surface area contributed by atoms with Crippen LogP contribution >= 0.6 is 23.5 Å². The Morgan fingerprint density at radius 3 is 2.64 bits per heavy atom. The van der Waals surface area contributed by atoms with Crippen LogP contribution in [-0.4, -0.2) is 56.0 Å². The summed E-state index contributed by atoms with van der Waals surface area (Å²) in [5.41, 5.74) is 1.06. The molecule has 1 aromatic carbocycles. The summed E-state index contributed by atoms with van der Waals surface area (Å²) in [7, 11) is 5.09. The van der Waals surface area contributed by atoms with Gasteiger partial charge in [0.25, 0.3) is 0 Å². The quantitative estimate of drug-likeness (QED) is 0.799. The van der Waals surface area contributed by atoms with E-state index in [2.05, 4.69) is 5.32 Å². The summed E-state index contributed by atoms with van der Waals surface area (Å²) in [6.45, 7) is 0.554. The highest BCUT2D eigenvalue weighted by molar-refractivity contribution is 7.99. The molecule has 1 aromatic rings. The first-order valence-corrected chi connectivity index (χ1v) is 9.33. The SMILES string of the molecule is COc1cc(CN(C)C(=O)C2CSCN2)c(SC)cc1OC. The van der Waals surface area contributed by atoms with Crippen molar-refractivity contribution in [2.24, 2.45) is 0 Å². The summed E-state index contributed by atoms with van der Waals surface area (Å²) in [6.07, 6.45) is 2.02. The summed E-state index contributed by atoms with van der Waals surface area (Å²) in [5.74, 6) is 3.21. The van der Waals surface area contributed by atoms with E-state index in [-0.39, 0.29) is 11.9 Å². The van der Waals surface area contributed by atoms with Gasteiger partial charge in [0.05, 0.1) is 20.3 Å². The number of thioether (sulfide) groups is 2. The average Bonchev–Trinajstić information content (AvgIpc) is 3.07. The fraction of sp³-hybridized carbons (Fsp3) is 0.533. The van der Waals surface area contributed by atoms with E-state index in [9.17, 15) is 4.79 Å². The third kappa shape index (κ3) is 3.83. The van der Waals surface area contributed by atoms with Crippen molar-refractivity contribution in [2.45, 2.75) is 17.5 Å². The van der Waals surface area contributed by atoms with Gasteiger partial charge in [-0.2, -0.15) is 0 Å². The Kier molecular flexibility index (Phi) is 6.28. The Hall–Kier alpha value is -1.05. The summed E-state index contributed by atoms with van der Waals surface area (Å²) in [6, 6.07) is 3.83. The molecule has 0 aliphatic carbocycles. The maximum absolute atomic E-state index is 12.4. The van der Waals surface area contributed by atoms with Crippen LogP contribution in [0.25, 0.3) is 0 Å². The first-order chi connectivity index (χ1) is 10.6. The molecule has 0 bridgehead atoms. The minimum atomic E-state index is -0.0760. The summed E-state index contributed by atoms with van der Waals surface area (Å²) < 4.78 is 10.7. The lowest BCUT2D eigenvalue weighted by Gasteiger charge is -2.23. The highest BCUT2D eigenvalue weighted by Gasteiger charge is 2.26. The molecule has 122 valence electrons. The van der Waals surface area contributed by atoms with Gasteiger partial charge in [-0.05, 0) is 24.0 Å². The van der Waals surface area contributed by atoms with Gasteiger partial charge in [-0.25, -0.2) is 0 Å². The van der Waals surface area contributed by atoms with Crippen LogP contribution in [0.5, 0.6) is 11.5 Å². The maximum Gasteiger partial charge on any atom is 0.240 e. The van der Waals surface area contributed by atoms with Crippen molar-refractivity contribution in [3.05, 3.63) is 17.7 Å². The van der Waals surface area contributed by atoms with E-state index in [1.54, 1.807) is 42.6 Å². The molecular formula is C15H22N2O3S2. The highest BCUT2D eigenvalue weighted by Crippen LogP contribution is 2.35. The Morgan fingerprint density at radius 2 is 2.09 bits per heavy atom. The standard InChI is InChI=1S/C15H22N2O3S2/c1-17(15(18)11-8-22-9-16-11)7-10-5-12(19-2)13(20-3)6-14(10)21-4/h5-6,11,16H,7-9H2,1-4H3. The lowest BCUT2D eigenvalue weighted by Crippen LogP contribution is -2.42. The number of benzene rings is 1. The van der Waals surface area contributed by atoms with Gasteiger partial charge < -0.3 is 14.4 Å². The normalized spacial score (nSPS) is 17.4. The number of carbonyl (C=O) groups is 1. The van der Waals surface area contributed by atoms with Gasteiger partial charge >= 0.3 is 0 Å². The second-order valence-electron chi connectivity index (χ2n) is 4.99. The second kappa shape index (κ2) is 7.99. The molecular weight excluding hydrogens is 320 g/mol. The number of nitrogens with one attached hydrogen (secondary N) is 1. The Labute approximate surface area is 140 Å². The van der Waals surface area contributed by atoms with E-state index in [1.165, 1.54) is 0 Å². The molecule has 1 fully saturated rings. The Balaban J connectivity index is 2.18. The van der Waals surface area contributed by atoms with Gasteiger partial charge in [0.2, 0.25) is 5.91 Å². The van der Waals surface area contributed by atoms with Gasteiger partial charge in [-0.15, -0.1) is 23.5 Å². The van der Waals surface area contributed by atoms with Crippen LogP contribution in [0, 0.1) is 0 Å². The largest absolute Gasteiger partial charge is 0.493 e. The number of amides is 1. The molecule has 0 aromatic heterocycles. The third-order valence-corrected chi connectivity index (χ3v) is 5.34. The lowest BCUT2D eigenvalue weighted by molar-refractivity contribution is -0.131. The average molecular weight is 342 g/mol. The fourth-order valence-corrected chi connectivity index (χ4v) is 3.91. The lowest BCUT2D eigenvalue weighted by atomic mass is 10.1. The number of methoxy groups -OCH3 is 2. The fourth-order valence-electron chi connectivity index (χ4n) is 2.37. The van der Waals surface area contributed by atoms with Crippen LogP contribution in [0.3, 0.4) is 0 Å². The van der Waals surface area contributed by atoms with Crippen LogP contribution in [0.4, 0.5) is 0 Å². The van der Waals surface area contributed by atoms with E-state index in [0.29, 0.717) is 18.0 Å². The Bertz CT molecular complexity index is 534. The molecule has 1 aliphatic heterocycles. The number of hydrogen-bond donors (Lipinski definition) is 1. The van der Waals surface area contributed by atoms with Crippen molar-refractivity contribution in [2.75, 3.05) is 39.2 Å². The van der Waals surface area contributed by atoms with E-state index in [0.717, 1.165) is 22.1 Å². The molecule has 7 heteroatoms. The van der Waals surface area contributed by atoms with Crippen LogP contribution in [0.2, 0.25) is 0 Å². The number of rotatable bonds is 6. The van der Waals surface area contributed by atoms with Crippen LogP contribution in [-0.2, 0) is 11.3 Å². The zero-order valence-electron chi connectivity index (χ0n) is 13.3. The van der Waals surface area contributed by atoms with Gasteiger partial charge in [0, 0.05) is 30.1 Å². The third-order valence-electron chi connectivity index (χ3n) is 3.58. The van der Waals surface area contributed by atoms with E-state index in [1.807, 2.05) is 25.4 Å². The van der Waals surface area contributed by atoms with Gasteiger partial charge in [0.15, 0.2) is 11.5 Å². The Morgan fingerprint density at radius 1 is 1.41 bits per heavy atom. The van der Waals surface area contributed by atoms with E-state index >= 15 is 0 Å². The highest BCUT2D eigenvalue weighted by atomic mass is 32.2. The summed E-state index contributed by atoms with van der Waals surface area (Å²) in [5, 5.41) is 3.21. The van der Waals surface area contributed by atoms with E-state index < -0.39 is 0 Å². The molecule has 1 aliphatic rings. The smallest absolute Gasteiger partial charge is 0.240 e. The van der Waals surface area contributed by atoms with Gasteiger partial charge in [-0.3, -0.25) is 10.1 Å². The zero-order valence-corrected chi connectivity index (χ0v) is 15.0. The molecule has 1 N–H and O–H groups in total. The molecule has 1 amide bonds. The van der Waals surface area contributed by atoms with Crippen molar-refractivity contribution < 1.29 is 14.3 Å². The van der Waals surface area contributed by atoms with Crippen LogP contribution < -0.4 is 14.8 Å². The maximum atomic E-state index is 12.4. The van der Waals surface area contributed by atoms with Crippen molar-refractivity contribution >= 4 is 29.4 Å². The number of likely N-dealkylation sites (N-methyl/N-ethyl adjacent to an activating group) is 1. The van der Waals surface area contributed by atoms with E-state index in [4.69, 9.17) is 9.47 Å². The topological polar surface area (TPSA) is 50.8 Å². The predicted molar refractivity (Wildman–Crippen MR) is 92.0 cm³/mol. The second-order valence-corrected chi connectivity index (χ2v) is 6.86. The van der Waals surface area contributed by atoms with Crippen molar-refractivity contribution in [1.82, 2.24) is 10.2 Å². The number of carbonyl (C=O) groups excluding carboxylic acids is 1. The van der Waals surface area contributed by atoms with Crippen LogP contribution in [0.15, 0.2) is 17.0 Å². The number of hydrogen-bond acceptors (Lipinski definition) is 6. The monoisotopic (exact) mass is 342 g/mol. The molecule has 2 rings (SSSR count). The molecule has 5 nitrogen and oxygen atoms in total. The molecule has 1 atom stereocenters. The first kappa shape index (κ1) is 17.3. The van der Waals surface area contributed by atoms with Crippen molar-refractivity contribution in [3.8, 4) is 11.5 Å². The van der Waals surface area contributed by atoms with Crippen molar-refractivity contribution in [3.63, 3.8) is 0 Å². The summed E-state index contributed by atoms with van der Waals surface area (Å²) in [4.78, 5) is 15.3. The minimum absolute atomic E-state index is 0.0760. The van der Waals surface area contributed by atoms with Crippen LogP contribution in [0.1, 0.15) is 5.56 Å². The zero-order chi connectivity index (χ0) is 16.1. The summed E-state index contributed by atoms with van der Waals surface area (Å²) >= 11 is 3.39. The molecule has 0 saturated carbocycles. The predicted octanol–water partition coefficient (Wildman–Crippen LogP) is 2.05.